The van der Waals surface area contributed by atoms with Crippen molar-refractivity contribution in [2.75, 3.05) is 94.0 Å². The number of nitrogens with zero attached hydrogens (tertiary/aromatic N) is 3. The first-order valence-corrected chi connectivity index (χ1v) is 29.8. The summed E-state index contributed by atoms with van der Waals surface area (Å²) >= 11 is 0. The number of carbonyl (C=O) groups is 5. The van der Waals surface area contributed by atoms with Crippen LogP contribution in [0, 0.1) is 0 Å². The van der Waals surface area contributed by atoms with Crippen LogP contribution in [-0.2, 0) is 36.6 Å². The van der Waals surface area contributed by atoms with Crippen molar-refractivity contribution >= 4 is 30.1 Å². The van der Waals surface area contributed by atoms with Gasteiger partial charge in [-0.3, -0.25) is 9.59 Å². The Morgan fingerprint density at radius 3 is 1.12 bits per heavy atom. The molecule has 0 atom stereocenters. The molecule has 86 heavy (non-hydrogen) atoms. The lowest BCUT2D eigenvalue weighted by molar-refractivity contribution is -0.132. The van der Waals surface area contributed by atoms with E-state index in [2.05, 4.69) is 59.2 Å². The molecule has 2 N–H and O–H groups in total. The monoisotopic (exact) mass is 1170 g/mol. The number of hydrogen-bond acceptors (Lipinski definition) is 12. The molecule has 0 saturated heterocycles. The zero-order valence-electron chi connectivity index (χ0n) is 50.8. The van der Waals surface area contributed by atoms with Gasteiger partial charge in [-0.05, 0) is 139 Å². The molecule has 0 fully saturated rings. The third-order valence-corrected chi connectivity index (χ3v) is 15.7. The molecule has 17 nitrogen and oxygen atoms in total. The smallest absolute Gasteiger partial charge is 0.410 e. The molecule has 6 aromatic carbocycles. The summed E-state index contributed by atoms with van der Waals surface area (Å²) in [5.41, 5.74) is 10.1. The zero-order valence-corrected chi connectivity index (χ0v) is 50.8. The van der Waals surface area contributed by atoms with Crippen LogP contribution in [0.3, 0.4) is 0 Å². The maximum absolute atomic E-state index is 14.2. The van der Waals surface area contributed by atoms with E-state index >= 15 is 0 Å². The van der Waals surface area contributed by atoms with Crippen LogP contribution in [0.2, 0.25) is 0 Å². The number of nitrogens with one attached hydrogen (secondary N) is 2. The second-order valence-electron chi connectivity index (χ2n) is 22.5. The summed E-state index contributed by atoms with van der Waals surface area (Å²) in [5, 5.41) is 5.78. The van der Waals surface area contributed by atoms with E-state index < -0.39 is 23.9 Å². The molecule has 2 aliphatic carbocycles. The average molecular weight is 1170 g/mol. The van der Waals surface area contributed by atoms with E-state index in [9.17, 15) is 24.0 Å². The summed E-state index contributed by atoms with van der Waals surface area (Å²) in [4.78, 5) is 73.8. The van der Waals surface area contributed by atoms with Crippen molar-refractivity contribution in [2.45, 2.75) is 89.6 Å². The fraction of sp³-hybridized carbons (Fsp3) is 0.406. The molecule has 0 aliphatic heterocycles. The lowest BCUT2D eigenvalue weighted by Gasteiger charge is -2.30. The number of fused-ring (bicyclic) bond motifs is 6. The molecule has 0 spiro atoms. The quantitative estimate of drug-likeness (QED) is 0.0322. The maximum atomic E-state index is 14.2. The van der Waals surface area contributed by atoms with Gasteiger partial charge in [-0.2, -0.15) is 0 Å². The second-order valence-corrected chi connectivity index (χ2v) is 22.5. The molecule has 6 aromatic rings. The SMILES string of the molecule is COc1ccc(CCC(=O)N(CCCNC(=O)OCC2c3ccccc3-c3ccccc32)CCCN(CCCN(CCCNC(=O)OCC2c3ccccc3-c3ccccc32)C(=O)CCc2ccc(OC)c(OC)c2)C(=O)OC(C)(C)C)cc1OC. The van der Waals surface area contributed by atoms with Crippen LogP contribution in [0.15, 0.2) is 133 Å². The van der Waals surface area contributed by atoms with Gasteiger partial charge < -0.3 is 58.5 Å². The Balaban J connectivity index is 0.879. The van der Waals surface area contributed by atoms with Gasteiger partial charge in [-0.1, -0.05) is 109 Å². The predicted molar refractivity (Wildman–Crippen MR) is 331 cm³/mol. The fourth-order valence-electron chi connectivity index (χ4n) is 11.4. The Morgan fingerprint density at radius 1 is 0.430 bits per heavy atom. The van der Waals surface area contributed by atoms with Crippen molar-refractivity contribution in [1.82, 2.24) is 25.3 Å². The van der Waals surface area contributed by atoms with E-state index in [0.717, 1.165) is 55.6 Å². The van der Waals surface area contributed by atoms with Crippen molar-refractivity contribution in [2.24, 2.45) is 0 Å². The Bertz CT molecular complexity index is 2980. The molecule has 5 amide bonds. The predicted octanol–water partition coefficient (Wildman–Crippen LogP) is 11.8. The Hall–Kier alpha value is -8.73. The van der Waals surface area contributed by atoms with E-state index in [1.54, 1.807) is 43.1 Å². The minimum absolute atomic E-state index is 0.0758. The van der Waals surface area contributed by atoms with Gasteiger partial charge in [-0.25, -0.2) is 14.4 Å². The van der Waals surface area contributed by atoms with Gasteiger partial charge in [0.1, 0.15) is 18.8 Å². The highest BCUT2D eigenvalue weighted by molar-refractivity contribution is 5.81. The van der Waals surface area contributed by atoms with Gasteiger partial charge in [0.15, 0.2) is 23.0 Å². The van der Waals surface area contributed by atoms with E-state index in [1.165, 1.54) is 0 Å². The normalized spacial score (nSPS) is 12.2. The first-order chi connectivity index (χ1) is 41.7. The number of ether oxygens (including phenoxy) is 7. The van der Waals surface area contributed by atoms with Crippen LogP contribution in [0.5, 0.6) is 23.0 Å². The number of aryl methyl sites for hydroxylation is 2. The first-order valence-electron chi connectivity index (χ1n) is 29.8. The molecule has 2 aliphatic rings. The number of carbonyl (C=O) groups excluding carboxylic acids is 5. The molecule has 456 valence electrons. The molecule has 0 bridgehead atoms. The summed E-state index contributed by atoms with van der Waals surface area (Å²) < 4.78 is 39.4. The van der Waals surface area contributed by atoms with Crippen LogP contribution in [0.4, 0.5) is 14.4 Å². The number of alkyl carbamates (subject to hydrolysis) is 2. The number of hydrogen-bond donors (Lipinski definition) is 2. The molecule has 0 aromatic heterocycles. The highest BCUT2D eigenvalue weighted by Gasteiger charge is 2.31. The highest BCUT2D eigenvalue weighted by atomic mass is 16.6. The largest absolute Gasteiger partial charge is 0.493 e. The van der Waals surface area contributed by atoms with E-state index in [0.29, 0.717) is 87.7 Å². The molecular formula is C69H83N5O12. The lowest BCUT2D eigenvalue weighted by atomic mass is 9.98. The van der Waals surface area contributed by atoms with Crippen LogP contribution in [0.25, 0.3) is 22.3 Å². The third-order valence-electron chi connectivity index (χ3n) is 15.7. The summed E-state index contributed by atoms with van der Waals surface area (Å²) in [6, 6.07) is 43.9. The third kappa shape index (κ3) is 17.0. The van der Waals surface area contributed by atoms with Crippen LogP contribution in [-0.4, -0.2) is 144 Å². The van der Waals surface area contributed by atoms with Crippen LogP contribution >= 0.6 is 0 Å². The van der Waals surface area contributed by atoms with Gasteiger partial charge in [0.25, 0.3) is 0 Å². The molecular weight excluding hydrogens is 1090 g/mol. The zero-order chi connectivity index (χ0) is 61.0. The van der Waals surface area contributed by atoms with Gasteiger partial charge in [0.05, 0.1) is 28.4 Å². The van der Waals surface area contributed by atoms with Gasteiger partial charge in [0.2, 0.25) is 11.8 Å². The number of amides is 5. The number of benzene rings is 6. The first kappa shape index (κ1) is 63.3. The summed E-state index contributed by atoms with van der Waals surface area (Å²) in [7, 11) is 6.29. The topological polar surface area (TPSA) is 184 Å². The maximum Gasteiger partial charge on any atom is 0.410 e. The van der Waals surface area contributed by atoms with E-state index in [1.807, 2.05) is 106 Å². The fourth-order valence-corrected chi connectivity index (χ4v) is 11.4. The van der Waals surface area contributed by atoms with Crippen molar-refractivity contribution in [3.05, 3.63) is 167 Å². The molecule has 0 saturated carbocycles. The Morgan fingerprint density at radius 2 is 0.767 bits per heavy atom. The molecule has 0 heterocycles. The average Bonchev–Trinajstić information content (AvgIpc) is 1.80. The van der Waals surface area contributed by atoms with Gasteiger partial charge in [0, 0.05) is 77.0 Å². The van der Waals surface area contributed by atoms with E-state index in [4.69, 9.17) is 33.2 Å². The minimum atomic E-state index is -0.784. The Labute approximate surface area is 506 Å². The summed E-state index contributed by atoms with van der Waals surface area (Å²) in [5.74, 6) is 2.01. The van der Waals surface area contributed by atoms with Crippen LogP contribution < -0.4 is 29.6 Å². The number of rotatable bonds is 30. The second kappa shape index (κ2) is 30.9. The summed E-state index contributed by atoms with van der Waals surface area (Å²) in [6.07, 6.45) is 1.52. The Kier molecular flexibility index (Phi) is 22.7. The molecule has 0 radical (unpaired) electrons. The van der Waals surface area contributed by atoms with Crippen molar-refractivity contribution in [1.29, 1.82) is 0 Å². The summed E-state index contributed by atoms with van der Waals surface area (Å²) in [6.45, 7) is 8.24. The molecule has 17 heteroatoms. The molecule has 0 unspecified atom stereocenters. The van der Waals surface area contributed by atoms with Crippen molar-refractivity contribution < 1.29 is 57.1 Å². The van der Waals surface area contributed by atoms with Crippen molar-refractivity contribution in [3.8, 4) is 45.3 Å². The van der Waals surface area contributed by atoms with Crippen molar-refractivity contribution in [3.63, 3.8) is 0 Å². The van der Waals surface area contributed by atoms with Gasteiger partial charge >= 0.3 is 18.3 Å². The van der Waals surface area contributed by atoms with E-state index in [-0.39, 0.29) is 75.9 Å². The van der Waals surface area contributed by atoms with Crippen LogP contribution in [0.1, 0.15) is 105 Å². The standard InChI is InChI=1S/C69H83N5O12/c1-69(2,3)86-68(79)74(42-18-40-72(64(75)34-30-48-28-32-60(80-4)62(44-48)82-6)38-16-36-70-66(77)84-46-58-54-24-12-8-20-50(54)51-21-9-13-25-55(51)58)43-19-41-73(65(76)35-31-49-29-33-61(81-5)63(45-49)83-7)39-17-37-71-67(78)85-47-59-56-26-14-10-22-52(56)53-23-11-15-27-57(53)59/h8-15,20-29,32-33,44-45,58-59H,16-19,30-31,34-43,46-47H2,1-7H3,(H,70,77)(H,71,78). The molecule has 8 rings (SSSR count). The van der Waals surface area contributed by atoms with Gasteiger partial charge in [-0.15, -0.1) is 0 Å². The highest BCUT2D eigenvalue weighted by Crippen LogP contribution is 2.46. The lowest BCUT2D eigenvalue weighted by Crippen LogP contribution is -2.42. The minimum Gasteiger partial charge on any atom is -0.493 e. The number of methoxy groups -OCH3 is 4.